The molecular formula is C28H40N2O2. The van der Waals surface area contributed by atoms with Crippen LogP contribution >= 0.6 is 0 Å². The monoisotopic (exact) mass is 436 g/mol. The van der Waals surface area contributed by atoms with E-state index in [4.69, 9.17) is 4.74 Å². The largest absolute Gasteiger partial charge is 0.489 e. The third-order valence-corrected chi connectivity index (χ3v) is 7.56. The standard InChI is InChI=1S/C28H40N2O2/c1-22-18-24(13-14-27(22)32-21-23-10-5-3-6-11-23)26(28(31)15-7-4-8-16-28)20-30-17-9-12-25(19-30)29-2/h3,5-6,10-11,13-14,18,25-26,29,31H,4,7-9,12,15-17,19-21H2,1-2H3/t25-,26?/m1/s1. The number of nitrogens with one attached hydrogen (secondary N) is 1. The molecule has 32 heavy (non-hydrogen) atoms. The van der Waals surface area contributed by atoms with Crippen LogP contribution in [0.15, 0.2) is 48.5 Å². The second-order valence-electron chi connectivity index (χ2n) is 9.90. The molecule has 4 rings (SSSR count). The molecule has 2 fully saturated rings. The first-order valence-electron chi connectivity index (χ1n) is 12.5. The van der Waals surface area contributed by atoms with Crippen molar-refractivity contribution in [3.63, 3.8) is 0 Å². The molecule has 4 heteroatoms. The molecule has 1 aliphatic heterocycles. The van der Waals surface area contributed by atoms with E-state index < -0.39 is 5.60 Å². The first-order chi connectivity index (χ1) is 15.6. The number of ether oxygens (including phenoxy) is 1. The van der Waals surface area contributed by atoms with Crippen LogP contribution in [0.5, 0.6) is 5.75 Å². The van der Waals surface area contributed by atoms with E-state index >= 15 is 0 Å². The van der Waals surface area contributed by atoms with E-state index in [0.29, 0.717) is 12.6 Å². The fourth-order valence-electron chi connectivity index (χ4n) is 5.60. The van der Waals surface area contributed by atoms with Crippen molar-refractivity contribution in [3.8, 4) is 5.75 Å². The van der Waals surface area contributed by atoms with E-state index in [2.05, 4.69) is 54.5 Å². The van der Waals surface area contributed by atoms with Gasteiger partial charge in [0.15, 0.2) is 0 Å². The molecule has 2 atom stereocenters. The summed E-state index contributed by atoms with van der Waals surface area (Å²) in [6, 6.07) is 17.4. The van der Waals surface area contributed by atoms with E-state index in [1.54, 1.807) is 0 Å². The Morgan fingerprint density at radius 3 is 2.59 bits per heavy atom. The van der Waals surface area contributed by atoms with Gasteiger partial charge in [-0.1, -0.05) is 61.7 Å². The minimum atomic E-state index is -0.607. The van der Waals surface area contributed by atoms with E-state index in [1.807, 2.05) is 18.2 Å². The second kappa shape index (κ2) is 10.8. The maximum Gasteiger partial charge on any atom is 0.122 e. The Morgan fingerprint density at radius 1 is 1.09 bits per heavy atom. The van der Waals surface area contributed by atoms with Crippen molar-refractivity contribution in [3.05, 3.63) is 65.2 Å². The number of nitrogens with zero attached hydrogens (tertiary/aromatic N) is 1. The van der Waals surface area contributed by atoms with Crippen molar-refractivity contribution in [2.75, 3.05) is 26.7 Å². The number of aryl methyl sites for hydroxylation is 1. The van der Waals surface area contributed by atoms with Gasteiger partial charge in [0.2, 0.25) is 0 Å². The molecule has 1 aliphatic carbocycles. The number of hydrogen-bond donors (Lipinski definition) is 2. The normalized spacial score (nSPS) is 22.4. The van der Waals surface area contributed by atoms with Crippen LogP contribution in [0.4, 0.5) is 0 Å². The molecule has 1 saturated heterocycles. The van der Waals surface area contributed by atoms with Gasteiger partial charge in [-0.2, -0.15) is 0 Å². The van der Waals surface area contributed by atoms with Gasteiger partial charge in [0.05, 0.1) is 5.60 Å². The topological polar surface area (TPSA) is 44.7 Å². The lowest BCUT2D eigenvalue weighted by Gasteiger charge is -2.43. The van der Waals surface area contributed by atoms with Crippen molar-refractivity contribution >= 4 is 0 Å². The molecule has 0 radical (unpaired) electrons. The Balaban J connectivity index is 1.52. The van der Waals surface area contributed by atoms with Crippen molar-refractivity contribution in [1.82, 2.24) is 10.2 Å². The van der Waals surface area contributed by atoms with Gasteiger partial charge in [0, 0.05) is 25.0 Å². The van der Waals surface area contributed by atoms with Crippen molar-refractivity contribution in [2.24, 2.45) is 0 Å². The van der Waals surface area contributed by atoms with Crippen LogP contribution in [0, 0.1) is 6.92 Å². The zero-order chi connectivity index (χ0) is 22.4. The van der Waals surface area contributed by atoms with Gasteiger partial charge >= 0.3 is 0 Å². The van der Waals surface area contributed by atoms with Gasteiger partial charge in [0.1, 0.15) is 12.4 Å². The van der Waals surface area contributed by atoms with E-state index in [-0.39, 0.29) is 5.92 Å². The summed E-state index contributed by atoms with van der Waals surface area (Å²) in [5, 5.41) is 15.2. The Kier molecular flexibility index (Phi) is 7.88. The molecule has 0 aromatic heterocycles. The number of aliphatic hydroxyl groups is 1. The third-order valence-electron chi connectivity index (χ3n) is 7.56. The highest BCUT2D eigenvalue weighted by Crippen LogP contribution is 2.41. The van der Waals surface area contributed by atoms with Crippen LogP contribution < -0.4 is 10.1 Å². The first-order valence-corrected chi connectivity index (χ1v) is 12.5. The predicted molar refractivity (Wildman–Crippen MR) is 131 cm³/mol. The summed E-state index contributed by atoms with van der Waals surface area (Å²) in [7, 11) is 2.07. The van der Waals surface area contributed by atoms with E-state index in [0.717, 1.165) is 56.6 Å². The van der Waals surface area contributed by atoms with Crippen LogP contribution in [-0.2, 0) is 6.61 Å². The molecule has 0 amide bonds. The Labute approximate surface area is 194 Å². The van der Waals surface area contributed by atoms with Gasteiger partial charge in [-0.05, 0) is 69.0 Å². The Morgan fingerprint density at radius 2 is 1.88 bits per heavy atom. The summed E-state index contributed by atoms with van der Waals surface area (Å²) in [6.45, 7) is 5.83. The number of hydrogen-bond acceptors (Lipinski definition) is 4. The highest BCUT2D eigenvalue weighted by atomic mass is 16.5. The summed E-state index contributed by atoms with van der Waals surface area (Å²) in [5.74, 6) is 1.07. The van der Waals surface area contributed by atoms with Gasteiger partial charge in [-0.3, -0.25) is 0 Å². The predicted octanol–water partition coefficient (Wildman–Crippen LogP) is 5.04. The molecule has 0 bridgehead atoms. The highest BCUT2D eigenvalue weighted by molar-refractivity contribution is 5.39. The van der Waals surface area contributed by atoms with Gasteiger partial charge in [-0.25, -0.2) is 0 Å². The number of likely N-dealkylation sites (N-methyl/N-ethyl adjacent to an activating group) is 1. The Hall–Kier alpha value is -1.88. The van der Waals surface area contributed by atoms with Gasteiger partial charge in [0.25, 0.3) is 0 Å². The van der Waals surface area contributed by atoms with Crippen LogP contribution in [-0.4, -0.2) is 48.3 Å². The van der Waals surface area contributed by atoms with Crippen LogP contribution in [0.2, 0.25) is 0 Å². The van der Waals surface area contributed by atoms with Crippen molar-refractivity contribution in [2.45, 2.75) is 76.0 Å². The summed E-state index contributed by atoms with van der Waals surface area (Å²) < 4.78 is 6.13. The van der Waals surface area contributed by atoms with Crippen LogP contribution in [0.3, 0.4) is 0 Å². The van der Waals surface area contributed by atoms with Crippen LogP contribution in [0.1, 0.15) is 67.6 Å². The molecule has 2 N–H and O–H groups in total. The lowest BCUT2D eigenvalue weighted by Crippen LogP contribution is -2.49. The number of rotatable bonds is 8. The summed E-state index contributed by atoms with van der Waals surface area (Å²) in [5.41, 5.74) is 2.97. The number of benzene rings is 2. The molecule has 1 unspecified atom stereocenters. The molecule has 1 saturated carbocycles. The highest BCUT2D eigenvalue weighted by Gasteiger charge is 2.40. The first kappa shape index (κ1) is 23.3. The van der Waals surface area contributed by atoms with Crippen molar-refractivity contribution < 1.29 is 9.84 Å². The molecule has 4 nitrogen and oxygen atoms in total. The van der Waals surface area contributed by atoms with Crippen LogP contribution in [0.25, 0.3) is 0 Å². The SMILES string of the molecule is CN[C@@H]1CCCN(CC(c2ccc(OCc3ccccc3)c(C)c2)C2(O)CCCCC2)C1. The molecule has 2 aliphatic rings. The molecular weight excluding hydrogens is 396 g/mol. The summed E-state index contributed by atoms with van der Waals surface area (Å²) >= 11 is 0. The molecule has 0 spiro atoms. The van der Waals surface area contributed by atoms with E-state index in [1.165, 1.54) is 30.4 Å². The smallest absolute Gasteiger partial charge is 0.122 e. The molecule has 2 aromatic carbocycles. The summed E-state index contributed by atoms with van der Waals surface area (Å²) in [4.78, 5) is 2.57. The third kappa shape index (κ3) is 5.72. The summed E-state index contributed by atoms with van der Waals surface area (Å²) in [6.07, 6.45) is 7.79. The fraction of sp³-hybridized carbons (Fsp3) is 0.571. The molecule has 2 aromatic rings. The quantitative estimate of drug-likeness (QED) is 0.609. The average molecular weight is 437 g/mol. The zero-order valence-corrected chi connectivity index (χ0v) is 19.9. The van der Waals surface area contributed by atoms with Crippen molar-refractivity contribution in [1.29, 1.82) is 0 Å². The molecule has 174 valence electrons. The maximum atomic E-state index is 11.8. The minimum Gasteiger partial charge on any atom is -0.489 e. The van der Waals surface area contributed by atoms with E-state index in [9.17, 15) is 5.11 Å². The average Bonchev–Trinajstić information content (AvgIpc) is 2.83. The Bertz CT molecular complexity index is 848. The maximum absolute atomic E-state index is 11.8. The van der Waals surface area contributed by atoms with Gasteiger partial charge < -0.3 is 20.1 Å². The molecule has 1 heterocycles. The second-order valence-corrected chi connectivity index (χ2v) is 9.90. The van der Waals surface area contributed by atoms with Gasteiger partial charge in [-0.15, -0.1) is 0 Å². The number of piperidine rings is 1. The zero-order valence-electron chi connectivity index (χ0n) is 19.9. The minimum absolute atomic E-state index is 0.139. The fourth-order valence-corrected chi connectivity index (χ4v) is 5.60. The lowest BCUT2D eigenvalue weighted by atomic mass is 9.72. The number of likely N-dealkylation sites (tertiary alicyclic amines) is 1. The lowest BCUT2D eigenvalue weighted by molar-refractivity contribution is -0.0330.